The summed E-state index contributed by atoms with van der Waals surface area (Å²) in [7, 11) is 1.48. The fraction of sp³-hybridized carbons (Fsp3) is 0.154. The van der Waals surface area contributed by atoms with E-state index in [9.17, 15) is 4.39 Å². The Labute approximate surface area is 104 Å². The maximum Gasteiger partial charge on any atom is 0.141 e. The molecule has 90 valence electrons. The molecule has 0 fully saturated rings. The highest BCUT2D eigenvalue weighted by atomic mass is 19.1. The molecule has 0 aliphatic heterocycles. The Bertz CT molecular complexity index is 581. The van der Waals surface area contributed by atoms with Crippen LogP contribution in [0.2, 0.25) is 0 Å². The molecule has 0 bridgehead atoms. The number of aromatic nitrogens is 2. The fourth-order valence-corrected chi connectivity index (χ4v) is 1.73. The van der Waals surface area contributed by atoms with Crippen LogP contribution in [-0.2, 0) is 4.74 Å². The lowest BCUT2D eigenvalue weighted by Gasteiger charge is -2.16. The first-order valence-electron chi connectivity index (χ1n) is 5.25. The average molecular weight is 243 g/mol. The van der Waals surface area contributed by atoms with Gasteiger partial charge in [0.1, 0.15) is 18.0 Å². The molecule has 1 aromatic carbocycles. The van der Waals surface area contributed by atoms with Gasteiger partial charge >= 0.3 is 0 Å². The second kappa shape index (κ2) is 5.34. The quantitative estimate of drug-likeness (QED) is 0.829. The Morgan fingerprint density at radius 1 is 1.39 bits per heavy atom. The molecule has 0 spiro atoms. The summed E-state index contributed by atoms with van der Waals surface area (Å²) in [6, 6.07) is 6.27. The van der Waals surface area contributed by atoms with Crippen LogP contribution in [0.5, 0.6) is 0 Å². The van der Waals surface area contributed by atoms with E-state index >= 15 is 0 Å². The standard InChI is InChI=1S/C13H10FN3O/c1-18-13(12-8-16-5-6-17-12)9-3-2-4-11(14)10(9)7-15/h2-6,8,13H,1H3. The van der Waals surface area contributed by atoms with Gasteiger partial charge in [-0.1, -0.05) is 12.1 Å². The summed E-state index contributed by atoms with van der Waals surface area (Å²) in [5.41, 5.74) is 0.942. The number of rotatable bonds is 3. The van der Waals surface area contributed by atoms with Gasteiger partial charge in [0.25, 0.3) is 0 Å². The van der Waals surface area contributed by atoms with Crippen LogP contribution in [0, 0.1) is 17.1 Å². The predicted molar refractivity (Wildman–Crippen MR) is 62.0 cm³/mol. The normalized spacial score (nSPS) is 11.8. The number of benzene rings is 1. The van der Waals surface area contributed by atoms with Gasteiger partial charge in [0.05, 0.1) is 17.5 Å². The number of methoxy groups -OCH3 is 1. The smallest absolute Gasteiger partial charge is 0.141 e. The molecular weight excluding hydrogens is 233 g/mol. The number of nitrogens with zero attached hydrogens (tertiary/aromatic N) is 3. The van der Waals surface area contributed by atoms with Crippen molar-refractivity contribution in [1.29, 1.82) is 5.26 Å². The monoisotopic (exact) mass is 243 g/mol. The molecule has 1 aromatic heterocycles. The molecular formula is C13H10FN3O. The molecule has 4 nitrogen and oxygen atoms in total. The van der Waals surface area contributed by atoms with E-state index in [1.54, 1.807) is 6.07 Å². The second-order valence-electron chi connectivity index (χ2n) is 3.56. The van der Waals surface area contributed by atoms with Crippen LogP contribution in [0.1, 0.15) is 22.9 Å². The first-order chi connectivity index (χ1) is 8.77. The predicted octanol–water partition coefficient (Wildman–Crippen LogP) is 2.22. The lowest BCUT2D eigenvalue weighted by Crippen LogP contribution is -2.09. The second-order valence-corrected chi connectivity index (χ2v) is 3.56. The van der Waals surface area contributed by atoms with Crippen LogP contribution in [0.4, 0.5) is 4.39 Å². The molecule has 1 heterocycles. The van der Waals surface area contributed by atoms with Gasteiger partial charge in [0, 0.05) is 25.1 Å². The summed E-state index contributed by atoms with van der Waals surface area (Å²) < 4.78 is 18.8. The van der Waals surface area contributed by atoms with E-state index in [0.29, 0.717) is 11.3 Å². The van der Waals surface area contributed by atoms with Crippen LogP contribution >= 0.6 is 0 Å². The van der Waals surface area contributed by atoms with Crippen LogP contribution in [-0.4, -0.2) is 17.1 Å². The molecule has 0 saturated heterocycles. The number of nitriles is 1. The number of hydrogen-bond donors (Lipinski definition) is 0. The van der Waals surface area contributed by atoms with Gasteiger partial charge in [0.15, 0.2) is 0 Å². The molecule has 1 unspecified atom stereocenters. The van der Waals surface area contributed by atoms with Crippen LogP contribution in [0.25, 0.3) is 0 Å². The van der Waals surface area contributed by atoms with Gasteiger partial charge in [-0.3, -0.25) is 9.97 Å². The van der Waals surface area contributed by atoms with Gasteiger partial charge in [0.2, 0.25) is 0 Å². The first kappa shape index (κ1) is 12.1. The van der Waals surface area contributed by atoms with E-state index < -0.39 is 11.9 Å². The largest absolute Gasteiger partial charge is 0.370 e. The Kier molecular flexibility index (Phi) is 3.60. The molecule has 2 aromatic rings. The van der Waals surface area contributed by atoms with E-state index in [2.05, 4.69) is 9.97 Å². The van der Waals surface area contributed by atoms with Crippen molar-refractivity contribution in [2.24, 2.45) is 0 Å². The summed E-state index contributed by atoms with van der Waals surface area (Å²) in [5, 5.41) is 9.01. The SMILES string of the molecule is COC(c1cnccn1)c1cccc(F)c1C#N. The zero-order valence-electron chi connectivity index (χ0n) is 9.67. The molecule has 1 atom stereocenters. The third kappa shape index (κ3) is 2.19. The highest BCUT2D eigenvalue weighted by Crippen LogP contribution is 2.27. The van der Waals surface area contributed by atoms with Crippen molar-refractivity contribution in [3.63, 3.8) is 0 Å². The fourth-order valence-electron chi connectivity index (χ4n) is 1.73. The van der Waals surface area contributed by atoms with Crippen molar-refractivity contribution in [2.45, 2.75) is 6.10 Å². The highest BCUT2D eigenvalue weighted by molar-refractivity contribution is 5.42. The van der Waals surface area contributed by atoms with Crippen molar-refractivity contribution < 1.29 is 9.13 Å². The van der Waals surface area contributed by atoms with E-state index in [4.69, 9.17) is 10.00 Å². The van der Waals surface area contributed by atoms with Crippen molar-refractivity contribution >= 4 is 0 Å². The molecule has 0 radical (unpaired) electrons. The highest BCUT2D eigenvalue weighted by Gasteiger charge is 2.20. The van der Waals surface area contributed by atoms with Crippen LogP contribution in [0.15, 0.2) is 36.8 Å². The zero-order chi connectivity index (χ0) is 13.0. The average Bonchev–Trinajstić information content (AvgIpc) is 2.41. The molecule has 5 heteroatoms. The molecule has 0 aliphatic carbocycles. The Balaban J connectivity index is 2.53. The number of halogens is 1. The third-order valence-corrected chi connectivity index (χ3v) is 2.53. The lowest BCUT2D eigenvalue weighted by atomic mass is 10.0. The van der Waals surface area contributed by atoms with Crippen LogP contribution < -0.4 is 0 Å². The van der Waals surface area contributed by atoms with Crippen molar-refractivity contribution in [2.75, 3.05) is 7.11 Å². The van der Waals surface area contributed by atoms with Gasteiger partial charge in [-0.25, -0.2) is 4.39 Å². The summed E-state index contributed by atoms with van der Waals surface area (Å²) in [4.78, 5) is 8.05. The van der Waals surface area contributed by atoms with Gasteiger partial charge < -0.3 is 4.74 Å². The Morgan fingerprint density at radius 3 is 2.83 bits per heavy atom. The van der Waals surface area contributed by atoms with Crippen molar-refractivity contribution in [1.82, 2.24) is 9.97 Å². The number of hydrogen-bond acceptors (Lipinski definition) is 4. The third-order valence-electron chi connectivity index (χ3n) is 2.53. The van der Waals surface area contributed by atoms with E-state index in [0.717, 1.165) is 0 Å². The van der Waals surface area contributed by atoms with Gasteiger partial charge in [-0.15, -0.1) is 0 Å². The molecule has 0 N–H and O–H groups in total. The van der Waals surface area contributed by atoms with Gasteiger partial charge in [-0.05, 0) is 6.07 Å². The summed E-state index contributed by atoms with van der Waals surface area (Å²) in [6.45, 7) is 0. The number of ether oxygens (including phenoxy) is 1. The van der Waals surface area contributed by atoms with E-state index in [-0.39, 0.29) is 5.56 Å². The van der Waals surface area contributed by atoms with E-state index in [1.165, 1.54) is 37.8 Å². The molecule has 18 heavy (non-hydrogen) atoms. The molecule has 0 saturated carbocycles. The van der Waals surface area contributed by atoms with Crippen molar-refractivity contribution in [3.05, 3.63) is 59.4 Å². The lowest BCUT2D eigenvalue weighted by molar-refractivity contribution is 0.132. The maximum absolute atomic E-state index is 13.5. The summed E-state index contributed by atoms with van der Waals surface area (Å²) >= 11 is 0. The molecule has 2 rings (SSSR count). The minimum atomic E-state index is -0.607. The Hall–Kier alpha value is -2.32. The topological polar surface area (TPSA) is 58.8 Å². The van der Waals surface area contributed by atoms with Gasteiger partial charge in [-0.2, -0.15) is 5.26 Å². The molecule has 0 aliphatic rings. The minimum absolute atomic E-state index is 0.0324. The zero-order valence-corrected chi connectivity index (χ0v) is 9.67. The minimum Gasteiger partial charge on any atom is -0.370 e. The maximum atomic E-state index is 13.5. The summed E-state index contributed by atoms with van der Waals surface area (Å²) in [5.74, 6) is -0.569. The van der Waals surface area contributed by atoms with E-state index in [1.807, 2.05) is 6.07 Å². The van der Waals surface area contributed by atoms with Crippen LogP contribution in [0.3, 0.4) is 0 Å². The summed E-state index contributed by atoms with van der Waals surface area (Å²) in [6.07, 6.45) is 3.98. The van der Waals surface area contributed by atoms with Crippen molar-refractivity contribution in [3.8, 4) is 6.07 Å². The first-order valence-corrected chi connectivity index (χ1v) is 5.25. The Morgan fingerprint density at radius 2 is 2.22 bits per heavy atom. The molecule has 0 amide bonds.